The number of furan rings is 2. The summed E-state index contributed by atoms with van der Waals surface area (Å²) in [5.41, 5.74) is 2.03. The molecule has 2 aromatic heterocycles. The van der Waals surface area contributed by atoms with Gasteiger partial charge in [-0.25, -0.2) is 0 Å². The number of hydrogen-bond acceptors (Lipinski definition) is 5. The van der Waals surface area contributed by atoms with Crippen LogP contribution < -0.4 is 10.2 Å². The Morgan fingerprint density at radius 2 is 1.52 bits per heavy atom. The van der Waals surface area contributed by atoms with Crippen molar-refractivity contribution < 1.29 is 13.6 Å². The molecule has 1 aromatic carbocycles. The number of amides is 1. The van der Waals surface area contributed by atoms with Gasteiger partial charge in [-0.2, -0.15) is 0 Å². The van der Waals surface area contributed by atoms with Crippen LogP contribution in [-0.2, 0) is 17.9 Å². The van der Waals surface area contributed by atoms with Gasteiger partial charge in [0.05, 0.1) is 32.2 Å². The zero-order valence-corrected chi connectivity index (χ0v) is 16.5. The van der Waals surface area contributed by atoms with Gasteiger partial charge < -0.3 is 19.1 Å². The molecule has 0 aliphatic carbocycles. The predicted molar refractivity (Wildman–Crippen MR) is 113 cm³/mol. The average molecular weight is 393 g/mol. The molecular formula is C23H27N3O3. The number of nitrogens with zero attached hydrogens (tertiary/aromatic N) is 2. The summed E-state index contributed by atoms with van der Waals surface area (Å²) in [5, 5.41) is 3.00. The molecule has 0 spiro atoms. The highest BCUT2D eigenvalue weighted by Crippen LogP contribution is 2.22. The summed E-state index contributed by atoms with van der Waals surface area (Å²) in [6, 6.07) is 15.7. The second-order valence-corrected chi connectivity index (χ2v) is 7.45. The number of anilines is 2. The van der Waals surface area contributed by atoms with E-state index in [1.807, 2.05) is 41.3 Å². The van der Waals surface area contributed by atoms with Crippen LogP contribution in [0.2, 0.25) is 0 Å². The molecule has 1 saturated heterocycles. The van der Waals surface area contributed by atoms with E-state index in [1.165, 1.54) is 24.9 Å². The van der Waals surface area contributed by atoms with Crippen LogP contribution >= 0.6 is 0 Å². The predicted octanol–water partition coefficient (Wildman–Crippen LogP) is 4.50. The van der Waals surface area contributed by atoms with Gasteiger partial charge in [0.1, 0.15) is 11.5 Å². The largest absolute Gasteiger partial charge is 0.468 e. The Morgan fingerprint density at radius 1 is 0.897 bits per heavy atom. The summed E-state index contributed by atoms with van der Waals surface area (Å²) >= 11 is 0. The van der Waals surface area contributed by atoms with E-state index in [-0.39, 0.29) is 12.5 Å². The van der Waals surface area contributed by atoms with E-state index in [2.05, 4.69) is 22.3 Å². The van der Waals surface area contributed by atoms with E-state index in [1.54, 1.807) is 12.5 Å². The first kappa shape index (κ1) is 19.3. The van der Waals surface area contributed by atoms with E-state index in [0.29, 0.717) is 13.1 Å². The van der Waals surface area contributed by atoms with Crippen LogP contribution in [0.4, 0.5) is 11.4 Å². The second kappa shape index (κ2) is 9.47. The highest BCUT2D eigenvalue weighted by molar-refractivity contribution is 5.92. The second-order valence-electron chi connectivity index (χ2n) is 7.45. The number of rotatable bonds is 8. The van der Waals surface area contributed by atoms with Crippen LogP contribution in [0.15, 0.2) is 69.9 Å². The van der Waals surface area contributed by atoms with Gasteiger partial charge in [0.25, 0.3) is 0 Å². The molecule has 1 aliphatic rings. The van der Waals surface area contributed by atoms with Gasteiger partial charge in [0, 0.05) is 24.5 Å². The van der Waals surface area contributed by atoms with E-state index in [4.69, 9.17) is 8.83 Å². The van der Waals surface area contributed by atoms with E-state index >= 15 is 0 Å². The summed E-state index contributed by atoms with van der Waals surface area (Å²) in [7, 11) is 0. The van der Waals surface area contributed by atoms with Crippen molar-refractivity contribution >= 4 is 17.3 Å². The minimum atomic E-state index is -0.0613. The fourth-order valence-corrected chi connectivity index (χ4v) is 3.72. The SMILES string of the molecule is O=C(CN(Cc1ccco1)Cc1ccco1)Nc1ccc(N2CCCCC2)cc1. The summed E-state index contributed by atoms with van der Waals surface area (Å²) in [6.45, 7) is 3.54. The molecule has 0 atom stereocenters. The van der Waals surface area contributed by atoms with Gasteiger partial charge in [-0.05, 0) is 67.8 Å². The molecule has 1 fully saturated rings. The normalized spacial score (nSPS) is 14.3. The third kappa shape index (κ3) is 5.51. The van der Waals surface area contributed by atoms with Crippen LogP contribution in [0.5, 0.6) is 0 Å². The van der Waals surface area contributed by atoms with Crippen LogP contribution in [0.1, 0.15) is 30.8 Å². The summed E-state index contributed by atoms with van der Waals surface area (Å²) in [5.74, 6) is 1.57. The number of piperidine rings is 1. The Bertz CT molecular complexity index is 831. The first-order chi connectivity index (χ1) is 14.3. The van der Waals surface area contributed by atoms with E-state index in [0.717, 1.165) is 30.3 Å². The summed E-state index contributed by atoms with van der Waals surface area (Å²) < 4.78 is 10.9. The molecule has 1 aliphatic heterocycles. The molecule has 1 N–H and O–H groups in total. The van der Waals surface area contributed by atoms with Crippen molar-refractivity contribution in [3.63, 3.8) is 0 Å². The quantitative estimate of drug-likeness (QED) is 0.610. The maximum atomic E-state index is 12.6. The third-order valence-corrected chi connectivity index (χ3v) is 5.16. The summed E-state index contributed by atoms with van der Waals surface area (Å²) in [4.78, 5) is 17.0. The Balaban J connectivity index is 1.35. The van der Waals surface area contributed by atoms with Crippen molar-refractivity contribution in [3.8, 4) is 0 Å². The van der Waals surface area contributed by atoms with Crippen molar-refractivity contribution in [2.24, 2.45) is 0 Å². The van der Waals surface area contributed by atoms with Crippen LogP contribution in [0.3, 0.4) is 0 Å². The lowest BCUT2D eigenvalue weighted by Gasteiger charge is -2.28. The highest BCUT2D eigenvalue weighted by atomic mass is 16.3. The molecule has 3 aromatic rings. The molecule has 152 valence electrons. The minimum Gasteiger partial charge on any atom is -0.468 e. The van der Waals surface area contributed by atoms with Gasteiger partial charge in [0.2, 0.25) is 5.91 Å². The van der Waals surface area contributed by atoms with Gasteiger partial charge in [-0.3, -0.25) is 9.69 Å². The van der Waals surface area contributed by atoms with Crippen molar-refractivity contribution in [1.29, 1.82) is 0 Å². The van der Waals surface area contributed by atoms with Crippen LogP contribution in [0, 0.1) is 0 Å². The standard InChI is InChI=1S/C23H27N3O3/c27-23(24-19-8-10-20(11-9-19)26-12-2-1-3-13-26)18-25(16-21-6-4-14-28-21)17-22-7-5-15-29-22/h4-11,14-15H,1-3,12-13,16-18H2,(H,24,27). The van der Waals surface area contributed by atoms with E-state index < -0.39 is 0 Å². The molecular weight excluding hydrogens is 366 g/mol. The lowest BCUT2D eigenvalue weighted by Crippen LogP contribution is -2.32. The fourth-order valence-electron chi connectivity index (χ4n) is 3.72. The van der Waals surface area contributed by atoms with Gasteiger partial charge in [-0.1, -0.05) is 0 Å². The molecule has 4 rings (SSSR count). The smallest absolute Gasteiger partial charge is 0.238 e. The zero-order valence-electron chi connectivity index (χ0n) is 16.5. The maximum Gasteiger partial charge on any atom is 0.238 e. The minimum absolute atomic E-state index is 0.0613. The topological polar surface area (TPSA) is 61.9 Å². The molecule has 0 radical (unpaired) electrons. The molecule has 0 saturated carbocycles. The van der Waals surface area contributed by atoms with Gasteiger partial charge in [-0.15, -0.1) is 0 Å². The molecule has 3 heterocycles. The van der Waals surface area contributed by atoms with Crippen molar-refractivity contribution in [2.75, 3.05) is 29.9 Å². The Kier molecular flexibility index (Phi) is 6.32. The Morgan fingerprint density at radius 3 is 2.07 bits per heavy atom. The van der Waals surface area contributed by atoms with Gasteiger partial charge in [0.15, 0.2) is 0 Å². The molecule has 6 nitrogen and oxygen atoms in total. The highest BCUT2D eigenvalue weighted by Gasteiger charge is 2.15. The van der Waals surface area contributed by atoms with Crippen molar-refractivity contribution in [3.05, 3.63) is 72.6 Å². The molecule has 1 amide bonds. The molecule has 0 unspecified atom stereocenters. The fraction of sp³-hybridized carbons (Fsp3) is 0.348. The maximum absolute atomic E-state index is 12.6. The zero-order chi connectivity index (χ0) is 19.9. The van der Waals surface area contributed by atoms with Crippen molar-refractivity contribution in [2.45, 2.75) is 32.4 Å². The number of carbonyl (C=O) groups is 1. The first-order valence-corrected chi connectivity index (χ1v) is 10.2. The van der Waals surface area contributed by atoms with Crippen LogP contribution in [0.25, 0.3) is 0 Å². The molecule has 6 heteroatoms. The van der Waals surface area contributed by atoms with Crippen molar-refractivity contribution in [1.82, 2.24) is 4.90 Å². The molecule has 0 bridgehead atoms. The lowest BCUT2D eigenvalue weighted by molar-refractivity contribution is -0.117. The molecule has 29 heavy (non-hydrogen) atoms. The number of nitrogens with one attached hydrogen (secondary N) is 1. The Hall–Kier alpha value is -2.99. The van der Waals surface area contributed by atoms with Gasteiger partial charge >= 0.3 is 0 Å². The monoisotopic (exact) mass is 393 g/mol. The average Bonchev–Trinajstić information content (AvgIpc) is 3.43. The first-order valence-electron chi connectivity index (χ1n) is 10.2. The number of hydrogen-bond donors (Lipinski definition) is 1. The summed E-state index contributed by atoms with van der Waals surface area (Å²) in [6.07, 6.45) is 7.10. The Labute approximate surface area is 171 Å². The lowest BCUT2D eigenvalue weighted by atomic mass is 10.1. The van der Waals surface area contributed by atoms with Crippen LogP contribution in [-0.4, -0.2) is 30.4 Å². The number of carbonyl (C=O) groups excluding carboxylic acids is 1. The third-order valence-electron chi connectivity index (χ3n) is 5.16. The number of benzene rings is 1. The van der Waals surface area contributed by atoms with E-state index in [9.17, 15) is 4.79 Å².